The molecule has 18 heteroatoms. The van der Waals surface area contributed by atoms with Gasteiger partial charge in [0.2, 0.25) is 5.91 Å². The lowest BCUT2D eigenvalue weighted by Gasteiger charge is -2.19. The number of aliphatic carboxylic acids is 2. The molecule has 0 atom stereocenters. The van der Waals surface area contributed by atoms with E-state index in [2.05, 4.69) is 10.6 Å². The number of carbonyl (C=O) groups excluding carboxylic acids is 1. The van der Waals surface area contributed by atoms with E-state index in [1.807, 2.05) is 0 Å². The Morgan fingerprint density at radius 2 is 1.34 bits per heavy atom. The minimum Gasteiger partial charge on any atom is -0.481 e. The average Bonchev–Trinajstić information content (AvgIpc) is 2.91. The zero-order chi connectivity index (χ0) is 30.5. The second kappa shape index (κ2) is 20.9. The largest absolute Gasteiger partial charge is 0.481 e. The molecule has 0 saturated heterocycles. The highest BCUT2D eigenvalue weighted by atomic mass is 16.6. The summed E-state index contributed by atoms with van der Waals surface area (Å²) in [6, 6.07) is 2.66. The Kier molecular flexibility index (Phi) is 17.8. The molecule has 0 aromatic heterocycles. The zero-order valence-electron chi connectivity index (χ0n) is 22.2. The molecule has 1 rings (SSSR count). The second-order valence-corrected chi connectivity index (χ2v) is 8.12. The lowest BCUT2D eigenvalue weighted by Crippen LogP contribution is -2.43. The van der Waals surface area contributed by atoms with Gasteiger partial charge in [-0.2, -0.15) is 0 Å². The number of ether oxygens (including phenoxy) is 5. The molecule has 1 aromatic rings. The summed E-state index contributed by atoms with van der Waals surface area (Å²) in [5.41, 5.74) is -0.673. The van der Waals surface area contributed by atoms with Gasteiger partial charge in [0, 0.05) is 12.6 Å². The third-order valence-electron chi connectivity index (χ3n) is 4.85. The van der Waals surface area contributed by atoms with Gasteiger partial charge in [0.25, 0.3) is 11.4 Å². The Morgan fingerprint density at radius 1 is 0.780 bits per heavy atom. The highest BCUT2D eigenvalue weighted by molar-refractivity contribution is 5.77. The van der Waals surface area contributed by atoms with Crippen LogP contribution in [0.3, 0.4) is 0 Å². The lowest BCUT2D eigenvalue weighted by molar-refractivity contribution is -0.393. The Balaban J connectivity index is 2.17. The molecule has 0 spiro atoms. The second-order valence-electron chi connectivity index (χ2n) is 8.12. The summed E-state index contributed by atoms with van der Waals surface area (Å²) < 4.78 is 26.4. The van der Waals surface area contributed by atoms with E-state index >= 15 is 0 Å². The van der Waals surface area contributed by atoms with Crippen LogP contribution < -0.4 is 10.6 Å². The zero-order valence-corrected chi connectivity index (χ0v) is 22.2. The average molecular weight is 591 g/mol. The van der Waals surface area contributed by atoms with E-state index in [-0.39, 0.29) is 96.8 Å². The molecular formula is C23H34N4O14. The molecule has 18 nitrogen and oxygen atoms in total. The van der Waals surface area contributed by atoms with Gasteiger partial charge in [0.05, 0.1) is 94.3 Å². The van der Waals surface area contributed by atoms with E-state index in [9.17, 15) is 34.6 Å². The Bertz CT molecular complexity index is 971. The first-order valence-corrected chi connectivity index (χ1v) is 12.4. The highest BCUT2D eigenvalue weighted by Crippen LogP contribution is 2.28. The van der Waals surface area contributed by atoms with Gasteiger partial charge < -0.3 is 44.5 Å². The van der Waals surface area contributed by atoms with Crippen LogP contribution in [0, 0.1) is 20.2 Å². The summed E-state index contributed by atoms with van der Waals surface area (Å²) in [5.74, 6) is -2.55. The number of benzene rings is 1. The molecule has 0 bridgehead atoms. The van der Waals surface area contributed by atoms with Crippen LogP contribution in [0.25, 0.3) is 0 Å². The maximum Gasteiger partial charge on any atom is 0.305 e. The molecular weight excluding hydrogens is 556 g/mol. The van der Waals surface area contributed by atoms with Gasteiger partial charge in [-0.25, -0.2) is 0 Å². The summed E-state index contributed by atoms with van der Waals surface area (Å²) in [4.78, 5) is 53.7. The normalized spacial score (nSPS) is 10.9. The van der Waals surface area contributed by atoms with E-state index in [0.29, 0.717) is 0 Å². The molecule has 4 N–H and O–H groups in total. The smallest absolute Gasteiger partial charge is 0.305 e. The molecule has 0 fully saturated rings. The first-order chi connectivity index (χ1) is 19.6. The Labute approximate surface area is 234 Å². The number of non-ortho nitro benzene ring substituents is 1. The predicted molar refractivity (Wildman–Crippen MR) is 139 cm³/mol. The lowest BCUT2D eigenvalue weighted by atomic mass is 10.2. The standard InChI is InChI=1S/C23H34N4O14/c28-21(25-17(14-39-6-3-22(29)30)15-40-7-4-23(31)32)16-41-12-11-38-10-9-37-8-5-24-19-2-1-18(26(33)34)13-20(19)27(35)36/h1-2,13,17,24H,3-12,14-16H2,(H,25,28)(H,29,30)(H,31,32). The number of rotatable bonds is 25. The van der Waals surface area contributed by atoms with Gasteiger partial charge >= 0.3 is 11.9 Å². The summed E-state index contributed by atoms with van der Waals surface area (Å²) >= 11 is 0. The van der Waals surface area contributed by atoms with Crippen molar-refractivity contribution >= 4 is 34.9 Å². The molecule has 0 aliphatic heterocycles. The monoisotopic (exact) mass is 590 g/mol. The number of nitrogens with one attached hydrogen (secondary N) is 2. The molecule has 0 heterocycles. The van der Waals surface area contributed by atoms with Crippen molar-refractivity contribution in [3.63, 3.8) is 0 Å². The molecule has 41 heavy (non-hydrogen) atoms. The minimum absolute atomic E-state index is 0.0323. The fourth-order valence-corrected chi connectivity index (χ4v) is 2.97. The van der Waals surface area contributed by atoms with Crippen LogP contribution in [0.5, 0.6) is 0 Å². The fraction of sp³-hybridized carbons (Fsp3) is 0.609. The third-order valence-corrected chi connectivity index (χ3v) is 4.85. The molecule has 1 amide bonds. The van der Waals surface area contributed by atoms with Crippen molar-refractivity contribution < 1.29 is 58.1 Å². The number of amides is 1. The van der Waals surface area contributed by atoms with E-state index < -0.39 is 39.4 Å². The topological polar surface area (TPSA) is 248 Å². The quantitative estimate of drug-likeness (QED) is 0.0685. The molecule has 0 radical (unpaired) electrons. The summed E-state index contributed by atoms with van der Waals surface area (Å²) in [6.07, 6.45) is -0.420. The number of nitro groups is 2. The number of hydrogen-bond acceptors (Lipinski definition) is 13. The fourth-order valence-electron chi connectivity index (χ4n) is 2.97. The predicted octanol–water partition coefficient (Wildman–Crippen LogP) is 0.432. The number of anilines is 1. The van der Waals surface area contributed by atoms with Crippen molar-refractivity contribution in [2.75, 3.05) is 77.9 Å². The van der Waals surface area contributed by atoms with Gasteiger partial charge in [0.15, 0.2) is 0 Å². The number of carboxylic acids is 2. The van der Waals surface area contributed by atoms with Gasteiger partial charge in [-0.1, -0.05) is 0 Å². The number of nitrogens with zero attached hydrogens (tertiary/aromatic N) is 2. The number of carbonyl (C=O) groups is 3. The molecule has 0 aliphatic rings. The van der Waals surface area contributed by atoms with Crippen LogP contribution in [-0.4, -0.2) is 117 Å². The maximum atomic E-state index is 12.1. The number of carboxylic acid groups (broad SMARTS) is 2. The highest BCUT2D eigenvalue weighted by Gasteiger charge is 2.19. The van der Waals surface area contributed by atoms with Crippen LogP contribution in [0.15, 0.2) is 18.2 Å². The molecule has 0 aliphatic carbocycles. The van der Waals surface area contributed by atoms with E-state index in [1.54, 1.807) is 0 Å². The SMILES string of the molecule is O=C(O)CCOCC(COCCC(=O)O)NC(=O)COCCOCCOCCNc1ccc([N+](=O)[O-])cc1[N+](=O)[O-]. The molecule has 1 aromatic carbocycles. The number of hydrogen-bond donors (Lipinski definition) is 4. The van der Waals surface area contributed by atoms with Crippen LogP contribution >= 0.6 is 0 Å². The van der Waals surface area contributed by atoms with Crippen molar-refractivity contribution in [2.45, 2.75) is 18.9 Å². The van der Waals surface area contributed by atoms with Crippen molar-refractivity contribution in [1.29, 1.82) is 0 Å². The van der Waals surface area contributed by atoms with Crippen molar-refractivity contribution in [2.24, 2.45) is 0 Å². The molecule has 230 valence electrons. The minimum atomic E-state index is -1.03. The summed E-state index contributed by atoms with van der Waals surface area (Å²) in [6.45, 7) is 0.638. The first-order valence-electron chi connectivity index (χ1n) is 12.4. The van der Waals surface area contributed by atoms with Crippen LogP contribution in [0.2, 0.25) is 0 Å². The van der Waals surface area contributed by atoms with Crippen LogP contribution in [-0.2, 0) is 38.1 Å². The van der Waals surface area contributed by atoms with Gasteiger partial charge in [-0.05, 0) is 6.07 Å². The Hall–Kier alpha value is -3.97. The summed E-state index contributed by atoms with van der Waals surface area (Å²) in [5, 5.41) is 44.6. The maximum absolute atomic E-state index is 12.1. The van der Waals surface area contributed by atoms with Crippen molar-refractivity contribution in [1.82, 2.24) is 5.32 Å². The van der Waals surface area contributed by atoms with Crippen molar-refractivity contribution in [3.05, 3.63) is 38.4 Å². The number of nitro benzene ring substituents is 2. The van der Waals surface area contributed by atoms with E-state index in [0.717, 1.165) is 12.1 Å². The molecule has 0 saturated carbocycles. The van der Waals surface area contributed by atoms with E-state index in [4.69, 9.17) is 33.9 Å². The van der Waals surface area contributed by atoms with Gasteiger partial charge in [0.1, 0.15) is 12.3 Å². The summed E-state index contributed by atoms with van der Waals surface area (Å²) in [7, 11) is 0. The first kappa shape index (κ1) is 35.1. The Morgan fingerprint density at radius 3 is 1.88 bits per heavy atom. The van der Waals surface area contributed by atoms with Gasteiger partial charge in [-0.3, -0.25) is 34.6 Å². The van der Waals surface area contributed by atoms with Crippen LogP contribution in [0.4, 0.5) is 17.1 Å². The van der Waals surface area contributed by atoms with E-state index in [1.165, 1.54) is 6.07 Å². The van der Waals surface area contributed by atoms with Gasteiger partial charge in [-0.15, -0.1) is 0 Å². The van der Waals surface area contributed by atoms with Crippen molar-refractivity contribution in [3.8, 4) is 0 Å². The van der Waals surface area contributed by atoms with Crippen LogP contribution in [0.1, 0.15) is 12.8 Å². The molecule has 0 unspecified atom stereocenters. The third kappa shape index (κ3) is 17.4.